The van der Waals surface area contributed by atoms with Crippen LogP contribution in [0, 0.1) is 0 Å². The van der Waals surface area contributed by atoms with Crippen LogP contribution in [-0.4, -0.2) is 42.3 Å². The molecule has 128 valence electrons. The Hall–Kier alpha value is -1.59. The molecule has 1 heterocycles. The summed E-state index contributed by atoms with van der Waals surface area (Å²) in [7, 11) is 0. The van der Waals surface area contributed by atoms with E-state index in [1.807, 2.05) is 56.9 Å². The third kappa shape index (κ3) is 4.94. The fourth-order valence-corrected chi connectivity index (χ4v) is 2.62. The van der Waals surface area contributed by atoms with Gasteiger partial charge >= 0.3 is 6.03 Å². The van der Waals surface area contributed by atoms with E-state index in [1.54, 1.807) is 0 Å². The highest BCUT2D eigenvalue weighted by atomic mass is 16.5. The van der Waals surface area contributed by atoms with Crippen molar-refractivity contribution in [3.05, 3.63) is 35.4 Å². The Morgan fingerprint density at radius 3 is 2.74 bits per heavy atom. The number of rotatable bonds is 5. The lowest BCUT2D eigenvalue weighted by Gasteiger charge is -2.37. The normalized spacial score (nSPS) is 21.5. The number of carbonyl (C=O) groups excluding carboxylic acids is 1. The van der Waals surface area contributed by atoms with Gasteiger partial charge in [-0.05, 0) is 38.8 Å². The molecule has 2 atom stereocenters. The molecule has 1 N–H and O–H groups in total. The van der Waals surface area contributed by atoms with Crippen molar-refractivity contribution in [2.24, 2.45) is 0 Å². The van der Waals surface area contributed by atoms with E-state index in [0.29, 0.717) is 26.3 Å². The molecular formula is C18H28N2O3. The molecule has 1 aromatic carbocycles. The lowest BCUT2D eigenvalue weighted by atomic mass is 10.1. The van der Waals surface area contributed by atoms with Gasteiger partial charge in [-0.3, -0.25) is 0 Å². The van der Waals surface area contributed by atoms with E-state index >= 15 is 0 Å². The summed E-state index contributed by atoms with van der Waals surface area (Å²) in [6, 6.07) is 8.11. The van der Waals surface area contributed by atoms with Crippen molar-refractivity contribution in [2.75, 3.05) is 13.2 Å². The summed E-state index contributed by atoms with van der Waals surface area (Å²) in [4.78, 5) is 14.3. The summed E-state index contributed by atoms with van der Waals surface area (Å²) in [6.45, 7) is 10.4. The van der Waals surface area contributed by atoms with Crippen LogP contribution < -0.4 is 5.32 Å². The molecule has 0 spiro atoms. The molecular weight excluding hydrogens is 292 g/mol. The summed E-state index contributed by atoms with van der Waals surface area (Å²) >= 11 is 0. The first kappa shape index (κ1) is 17.8. The number of amides is 2. The van der Waals surface area contributed by atoms with E-state index in [0.717, 1.165) is 11.1 Å². The van der Waals surface area contributed by atoms with E-state index in [9.17, 15) is 4.79 Å². The second-order valence-electron chi connectivity index (χ2n) is 6.30. The van der Waals surface area contributed by atoms with E-state index in [2.05, 4.69) is 5.32 Å². The zero-order valence-electron chi connectivity index (χ0n) is 14.5. The molecule has 5 heteroatoms. The zero-order valence-corrected chi connectivity index (χ0v) is 14.5. The predicted molar refractivity (Wildman–Crippen MR) is 90.2 cm³/mol. The molecule has 0 saturated carbocycles. The van der Waals surface area contributed by atoms with Crippen LogP contribution in [0.2, 0.25) is 0 Å². The zero-order chi connectivity index (χ0) is 16.8. The van der Waals surface area contributed by atoms with Crippen LogP contribution in [0.3, 0.4) is 0 Å². The maximum absolute atomic E-state index is 12.4. The summed E-state index contributed by atoms with van der Waals surface area (Å²) in [5.41, 5.74) is 2.21. The van der Waals surface area contributed by atoms with E-state index < -0.39 is 0 Å². The van der Waals surface area contributed by atoms with Crippen molar-refractivity contribution < 1.29 is 14.3 Å². The molecule has 1 aliphatic rings. The molecule has 0 aromatic heterocycles. The standard InChI is InChI=1S/C18H28N2O3/c1-13(2)23-12-17-8-6-5-7-16(17)11-19-18(21)20-9-10-22-15(4)14(20)3/h5-8,13-15H,9-12H2,1-4H3,(H,19,21)/t14-,15+/m1/s1. The van der Waals surface area contributed by atoms with Crippen molar-refractivity contribution in [2.45, 2.75) is 59.1 Å². The Morgan fingerprint density at radius 1 is 1.35 bits per heavy atom. The van der Waals surface area contributed by atoms with Gasteiger partial charge < -0.3 is 19.7 Å². The van der Waals surface area contributed by atoms with E-state index in [4.69, 9.17) is 9.47 Å². The number of hydrogen-bond donors (Lipinski definition) is 1. The fraction of sp³-hybridized carbons (Fsp3) is 0.611. The smallest absolute Gasteiger partial charge is 0.318 e. The Labute approximate surface area is 139 Å². The van der Waals surface area contributed by atoms with Gasteiger partial charge in [0.05, 0.1) is 31.5 Å². The van der Waals surface area contributed by atoms with Gasteiger partial charge in [0.1, 0.15) is 0 Å². The monoisotopic (exact) mass is 320 g/mol. The van der Waals surface area contributed by atoms with E-state index in [1.165, 1.54) is 0 Å². The summed E-state index contributed by atoms with van der Waals surface area (Å²) in [6.07, 6.45) is 0.259. The maximum Gasteiger partial charge on any atom is 0.318 e. The average Bonchev–Trinajstić information content (AvgIpc) is 2.54. The van der Waals surface area contributed by atoms with Gasteiger partial charge in [0.2, 0.25) is 0 Å². The first-order valence-corrected chi connectivity index (χ1v) is 8.33. The Morgan fingerprint density at radius 2 is 2.04 bits per heavy atom. The topological polar surface area (TPSA) is 50.8 Å². The van der Waals surface area contributed by atoms with Gasteiger partial charge in [-0.2, -0.15) is 0 Å². The number of nitrogens with one attached hydrogen (secondary N) is 1. The fourth-order valence-electron chi connectivity index (χ4n) is 2.62. The van der Waals surface area contributed by atoms with E-state index in [-0.39, 0.29) is 24.3 Å². The largest absolute Gasteiger partial charge is 0.375 e. The SMILES string of the molecule is CC(C)OCc1ccccc1CNC(=O)N1CCO[C@@H](C)[C@H]1C. The highest BCUT2D eigenvalue weighted by molar-refractivity contribution is 5.74. The van der Waals surface area contributed by atoms with Crippen molar-refractivity contribution in [1.29, 1.82) is 0 Å². The van der Waals surface area contributed by atoms with Gasteiger partial charge in [0.15, 0.2) is 0 Å². The molecule has 0 unspecified atom stereocenters. The molecule has 0 bridgehead atoms. The van der Waals surface area contributed by atoms with Crippen LogP contribution >= 0.6 is 0 Å². The number of urea groups is 1. The number of benzene rings is 1. The third-order valence-electron chi connectivity index (χ3n) is 4.27. The van der Waals surface area contributed by atoms with Crippen molar-refractivity contribution >= 4 is 6.03 Å². The predicted octanol–water partition coefficient (Wildman–Crippen LogP) is 2.93. The minimum Gasteiger partial charge on any atom is -0.375 e. The van der Waals surface area contributed by atoms with Crippen molar-refractivity contribution in [3.63, 3.8) is 0 Å². The number of ether oxygens (including phenoxy) is 2. The quantitative estimate of drug-likeness (QED) is 0.907. The maximum atomic E-state index is 12.4. The van der Waals surface area contributed by atoms with Crippen LogP contribution in [0.5, 0.6) is 0 Å². The lowest BCUT2D eigenvalue weighted by molar-refractivity contribution is -0.0376. The minimum atomic E-state index is -0.0350. The summed E-state index contributed by atoms with van der Waals surface area (Å²) in [5.74, 6) is 0. The molecule has 2 amide bonds. The number of carbonyl (C=O) groups is 1. The molecule has 2 rings (SSSR count). The molecule has 23 heavy (non-hydrogen) atoms. The summed E-state index contributed by atoms with van der Waals surface area (Å²) < 4.78 is 11.3. The van der Waals surface area contributed by atoms with Crippen LogP contribution in [0.25, 0.3) is 0 Å². The Bertz CT molecular complexity index is 519. The number of morpholine rings is 1. The lowest BCUT2D eigenvalue weighted by Crippen LogP contribution is -2.54. The average molecular weight is 320 g/mol. The van der Waals surface area contributed by atoms with Gasteiger partial charge in [0, 0.05) is 13.1 Å². The van der Waals surface area contributed by atoms with Gasteiger partial charge in [-0.15, -0.1) is 0 Å². The van der Waals surface area contributed by atoms with Gasteiger partial charge in [-0.1, -0.05) is 24.3 Å². The molecule has 0 aliphatic carbocycles. The highest BCUT2D eigenvalue weighted by Gasteiger charge is 2.28. The second kappa shape index (κ2) is 8.31. The molecule has 1 aromatic rings. The van der Waals surface area contributed by atoms with Gasteiger partial charge in [-0.25, -0.2) is 4.79 Å². The molecule has 5 nitrogen and oxygen atoms in total. The molecule has 1 saturated heterocycles. The Kier molecular flexibility index (Phi) is 6.42. The first-order chi connectivity index (χ1) is 11.0. The van der Waals surface area contributed by atoms with Crippen LogP contribution in [0.4, 0.5) is 4.79 Å². The van der Waals surface area contributed by atoms with Crippen LogP contribution in [-0.2, 0) is 22.6 Å². The second-order valence-corrected chi connectivity index (χ2v) is 6.30. The van der Waals surface area contributed by atoms with Gasteiger partial charge in [0.25, 0.3) is 0 Å². The number of nitrogens with zero attached hydrogens (tertiary/aromatic N) is 1. The third-order valence-corrected chi connectivity index (χ3v) is 4.27. The Balaban J connectivity index is 1.93. The summed E-state index contributed by atoms with van der Waals surface area (Å²) in [5, 5.41) is 3.02. The minimum absolute atomic E-state index is 0.0350. The van der Waals surface area contributed by atoms with Crippen LogP contribution in [0.1, 0.15) is 38.8 Å². The van der Waals surface area contributed by atoms with Crippen LogP contribution in [0.15, 0.2) is 24.3 Å². The molecule has 0 radical (unpaired) electrons. The highest BCUT2D eigenvalue weighted by Crippen LogP contribution is 2.15. The van der Waals surface area contributed by atoms with Crippen molar-refractivity contribution in [3.8, 4) is 0 Å². The number of hydrogen-bond acceptors (Lipinski definition) is 3. The molecule has 1 fully saturated rings. The van der Waals surface area contributed by atoms with Crippen molar-refractivity contribution in [1.82, 2.24) is 10.2 Å². The first-order valence-electron chi connectivity index (χ1n) is 8.33. The molecule has 1 aliphatic heterocycles.